The minimum Gasteiger partial charge on any atom is -0.355 e. The molecule has 168 valence electrons. The Morgan fingerprint density at radius 1 is 1.12 bits per heavy atom. The highest BCUT2D eigenvalue weighted by Gasteiger charge is 2.26. The molecule has 33 heavy (non-hydrogen) atoms. The number of halogens is 2. The van der Waals surface area contributed by atoms with Crippen LogP contribution in [0.2, 0.25) is 5.02 Å². The number of hydrogen-bond acceptors (Lipinski definition) is 4. The zero-order valence-electron chi connectivity index (χ0n) is 17.9. The number of nitrogens with one attached hydrogen (secondary N) is 1. The zero-order valence-corrected chi connectivity index (χ0v) is 18.7. The third kappa shape index (κ3) is 4.68. The molecule has 6 nitrogen and oxygen atoms in total. The molecule has 1 aliphatic heterocycles. The Kier molecular flexibility index (Phi) is 5.96. The third-order valence-electron chi connectivity index (χ3n) is 6.03. The predicted octanol–water partition coefficient (Wildman–Crippen LogP) is 4.72. The smallest absolute Gasteiger partial charge is 0.223 e. The molecule has 4 aromatic rings. The van der Waals surface area contributed by atoms with Crippen LogP contribution in [0.15, 0.2) is 67.0 Å². The lowest BCUT2D eigenvalue weighted by atomic mass is 9.95. The molecule has 5 rings (SSSR count). The summed E-state index contributed by atoms with van der Waals surface area (Å²) in [6.45, 7) is 1.94. The van der Waals surface area contributed by atoms with Crippen LogP contribution in [0.3, 0.4) is 0 Å². The molecule has 1 amide bonds. The number of carbonyl (C=O) groups excluding carboxylic acids is 1. The van der Waals surface area contributed by atoms with Gasteiger partial charge in [0.2, 0.25) is 5.91 Å². The molecule has 0 unspecified atom stereocenters. The van der Waals surface area contributed by atoms with Crippen molar-refractivity contribution in [3.05, 3.63) is 83.4 Å². The fourth-order valence-corrected chi connectivity index (χ4v) is 4.46. The first kappa shape index (κ1) is 21.4. The highest BCUT2D eigenvalue weighted by atomic mass is 35.5. The first-order chi connectivity index (χ1) is 16.1. The van der Waals surface area contributed by atoms with Crippen molar-refractivity contribution in [2.45, 2.75) is 19.4 Å². The number of benzene rings is 2. The average molecular weight is 464 g/mol. The van der Waals surface area contributed by atoms with Crippen molar-refractivity contribution in [2.75, 3.05) is 18.0 Å². The van der Waals surface area contributed by atoms with Crippen molar-refractivity contribution < 1.29 is 9.18 Å². The highest BCUT2D eigenvalue weighted by molar-refractivity contribution is 6.30. The van der Waals surface area contributed by atoms with Gasteiger partial charge in [0.25, 0.3) is 0 Å². The molecule has 3 heterocycles. The second kappa shape index (κ2) is 9.19. The molecule has 2 aromatic carbocycles. The van der Waals surface area contributed by atoms with Gasteiger partial charge in [-0.05, 0) is 60.9 Å². The van der Waals surface area contributed by atoms with E-state index in [1.165, 1.54) is 12.1 Å². The lowest BCUT2D eigenvalue weighted by Crippen LogP contribution is -2.40. The van der Waals surface area contributed by atoms with E-state index in [0.29, 0.717) is 11.6 Å². The zero-order chi connectivity index (χ0) is 22.8. The van der Waals surface area contributed by atoms with E-state index in [1.54, 1.807) is 22.8 Å². The quantitative estimate of drug-likeness (QED) is 0.465. The molecule has 0 aliphatic carbocycles. The van der Waals surface area contributed by atoms with Crippen LogP contribution in [0, 0.1) is 11.7 Å². The molecule has 0 saturated carbocycles. The van der Waals surface area contributed by atoms with Crippen LogP contribution in [-0.4, -0.2) is 33.6 Å². The Morgan fingerprint density at radius 3 is 2.67 bits per heavy atom. The standard InChI is InChI=1S/C25H23ClFN5O/c26-20-3-1-2-17(14-20)16-29-25(33)19-8-11-31(12-9-19)24-23-15-22(30-32(23)13-10-28-24)18-4-6-21(27)7-5-18/h1-7,10,13-15,19H,8-9,11-12,16H2,(H,29,33). The first-order valence-electron chi connectivity index (χ1n) is 10.9. The van der Waals surface area contributed by atoms with E-state index in [2.05, 4.69) is 20.3 Å². The van der Waals surface area contributed by atoms with Crippen LogP contribution in [0.4, 0.5) is 10.2 Å². The van der Waals surface area contributed by atoms with Crippen molar-refractivity contribution in [1.82, 2.24) is 19.9 Å². The van der Waals surface area contributed by atoms with Gasteiger partial charge < -0.3 is 10.2 Å². The van der Waals surface area contributed by atoms with E-state index in [0.717, 1.165) is 54.1 Å². The van der Waals surface area contributed by atoms with Crippen LogP contribution < -0.4 is 10.2 Å². The number of rotatable bonds is 5. The first-order valence-corrected chi connectivity index (χ1v) is 11.3. The summed E-state index contributed by atoms with van der Waals surface area (Å²) < 4.78 is 15.1. The molecular formula is C25H23ClFN5O. The number of nitrogens with zero attached hydrogens (tertiary/aromatic N) is 4. The van der Waals surface area contributed by atoms with Gasteiger partial charge in [-0.1, -0.05) is 23.7 Å². The molecular weight excluding hydrogens is 441 g/mol. The van der Waals surface area contributed by atoms with E-state index in [4.69, 9.17) is 11.6 Å². The maximum absolute atomic E-state index is 13.3. The summed E-state index contributed by atoms with van der Waals surface area (Å²) in [6.07, 6.45) is 5.04. The molecule has 0 atom stereocenters. The van der Waals surface area contributed by atoms with Crippen molar-refractivity contribution in [2.24, 2.45) is 5.92 Å². The summed E-state index contributed by atoms with van der Waals surface area (Å²) in [4.78, 5) is 19.5. The molecule has 1 fully saturated rings. The number of fused-ring (bicyclic) bond motifs is 1. The minimum atomic E-state index is -0.274. The molecule has 2 aromatic heterocycles. The van der Waals surface area contributed by atoms with Gasteiger partial charge in [-0.25, -0.2) is 13.9 Å². The Hall–Kier alpha value is -3.45. The number of aromatic nitrogens is 3. The van der Waals surface area contributed by atoms with Crippen molar-refractivity contribution in [3.63, 3.8) is 0 Å². The Bertz CT molecular complexity index is 1280. The van der Waals surface area contributed by atoms with Gasteiger partial charge >= 0.3 is 0 Å². The van der Waals surface area contributed by atoms with Crippen LogP contribution in [0.25, 0.3) is 16.8 Å². The Labute approximate surface area is 196 Å². The van der Waals surface area contributed by atoms with E-state index < -0.39 is 0 Å². The number of hydrogen-bond donors (Lipinski definition) is 1. The molecule has 0 bridgehead atoms. The molecule has 8 heteroatoms. The number of amides is 1. The van der Waals surface area contributed by atoms with Gasteiger partial charge in [0.1, 0.15) is 11.3 Å². The summed E-state index contributed by atoms with van der Waals surface area (Å²) in [5, 5.41) is 8.32. The van der Waals surface area contributed by atoms with E-state index in [1.807, 2.05) is 36.5 Å². The van der Waals surface area contributed by atoms with Gasteiger partial charge in [-0.2, -0.15) is 5.10 Å². The Balaban J connectivity index is 1.25. The molecule has 1 N–H and O–H groups in total. The number of piperidine rings is 1. The van der Waals surface area contributed by atoms with Crippen molar-refractivity contribution in [3.8, 4) is 11.3 Å². The maximum Gasteiger partial charge on any atom is 0.223 e. The highest BCUT2D eigenvalue weighted by Crippen LogP contribution is 2.28. The minimum absolute atomic E-state index is 0.0279. The fourth-order valence-electron chi connectivity index (χ4n) is 4.25. The van der Waals surface area contributed by atoms with Gasteiger partial charge in [-0.15, -0.1) is 0 Å². The van der Waals surface area contributed by atoms with Crippen LogP contribution in [0.5, 0.6) is 0 Å². The van der Waals surface area contributed by atoms with Gasteiger partial charge in [0, 0.05) is 48.5 Å². The van der Waals surface area contributed by atoms with Gasteiger partial charge in [0.15, 0.2) is 5.82 Å². The second-order valence-electron chi connectivity index (χ2n) is 8.23. The topological polar surface area (TPSA) is 62.5 Å². The summed E-state index contributed by atoms with van der Waals surface area (Å²) in [5.74, 6) is 0.615. The molecule has 1 saturated heterocycles. The lowest BCUT2D eigenvalue weighted by molar-refractivity contribution is -0.125. The van der Waals surface area contributed by atoms with Crippen molar-refractivity contribution >= 4 is 28.8 Å². The van der Waals surface area contributed by atoms with Crippen LogP contribution in [-0.2, 0) is 11.3 Å². The second-order valence-corrected chi connectivity index (χ2v) is 8.66. The molecule has 1 aliphatic rings. The molecule has 0 spiro atoms. The summed E-state index contributed by atoms with van der Waals surface area (Å²) in [7, 11) is 0. The van der Waals surface area contributed by atoms with Gasteiger partial charge in [0.05, 0.1) is 5.69 Å². The number of carbonyl (C=O) groups is 1. The van der Waals surface area contributed by atoms with E-state index in [-0.39, 0.29) is 17.6 Å². The maximum atomic E-state index is 13.3. The van der Waals surface area contributed by atoms with E-state index >= 15 is 0 Å². The SMILES string of the molecule is O=C(NCc1cccc(Cl)c1)C1CCN(c2nccn3nc(-c4ccc(F)cc4)cc23)CC1. The summed E-state index contributed by atoms with van der Waals surface area (Å²) in [6, 6.07) is 15.8. The third-order valence-corrected chi connectivity index (χ3v) is 6.27. The van der Waals surface area contributed by atoms with Gasteiger partial charge in [-0.3, -0.25) is 4.79 Å². The normalized spacial score (nSPS) is 14.5. The molecule has 0 radical (unpaired) electrons. The monoisotopic (exact) mass is 463 g/mol. The largest absolute Gasteiger partial charge is 0.355 e. The predicted molar refractivity (Wildman–Crippen MR) is 127 cm³/mol. The van der Waals surface area contributed by atoms with E-state index in [9.17, 15) is 9.18 Å². The van der Waals surface area contributed by atoms with Crippen molar-refractivity contribution in [1.29, 1.82) is 0 Å². The lowest BCUT2D eigenvalue weighted by Gasteiger charge is -2.32. The summed E-state index contributed by atoms with van der Waals surface area (Å²) >= 11 is 6.02. The average Bonchev–Trinajstić information content (AvgIpc) is 3.28. The van der Waals surface area contributed by atoms with Crippen LogP contribution in [0.1, 0.15) is 18.4 Å². The Morgan fingerprint density at radius 2 is 1.91 bits per heavy atom. The summed E-state index contributed by atoms with van der Waals surface area (Å²) in [5.41, 5.74) is 3.49. The van der Waals surface area contributed by atoms with Crippen LogP contribution >= 0.6 is 11.6 Å². The number of anilines is 1. The fraction of sp³-hybridized carbons (Fsp3) is 0.240.